The number of anilines is 1. The fraction of sp³-hybridized carbons (Fsp3) is 0.154. The van der Waals surface area contributed by atoms with E-state index in [1.165, 1.54) is 0 Å². The maximum Gasteiger partial charge on any atom is 0.263 e. The quantitative estimate of drug-likeness (QED) is 0.376. The lowest BCUT2D eigenvalue weighted by Gasteiger charge is -2.22. The highest BCUT2D eigenvalue weighted by atomic mass is 35.5. The van der Waals surface area contributed by atoms with Crippen molar-refractivity contribution < 1.29 is 0 Å². The number of aryl methyl sites for hydroxylation is 2. The highest BCUT2D eigenvalue weighted by Gasteiger charge is 2.20. The Balaban J connectivity index is 1.75. The van der Waals surface area contributed by atoms with Crippen molar-refractivity contribution in [3.05, 3.63) is 100 Å². The minimum atomic E-state index is -0.272. The molecule has 0 saturated heterocycles. The van der Waals surface area contributed by atoms with Gasteiger partial charge in [0.2, 0.25) is 0 Å². The molecule has 0 spiro atoms. The van der Waals surface area contributed by atoms with Crippen molar-refractivity contribution in [3.63, 3.8) is 0 Å². The molecule has 1 N–H and O–H groups in total. The van der Waals surface area contributed by atoms with E-state index in [1.54, 1.807) is 21.6 Å². The van der Waals surface area contributed by atoms with Crippen molar-refractivity contribution in [1.29, 1.82) is 0 Å². The summed E-state index contributed by atoms with van der Waals surface area (Å²) in [5.41, 5.74) is 3.22. The summed E-state index contributed by atoms with van der Waals surface area (Å²) >= 11 is 6.34. The molecule has 8 heteroatoms. The van der Waals surface area contributed by atoms with Gasteiger partial charge in [-0.2, -0.15) is 5.10 Å². The van der Waals surface area contributed by atoms with Crippen LogP contribution in [0.1, 0.15) is 24.5 Å². The number of halogens is 1. The van der Waals surface area contributed by atoms with Gasteiger partial charge in [0.25, 0.3) is 5.56 Å². The van der Waals surface area contributed by atoms with Gasteiger partial charge in [0.15, 0.2) is 0 Å². The second-order valence-corrected chi connectivity index (χ2v) is 8.60. The Morgan fingerprint density at radius 1 is 1.06 bits per heavy atom. The van der Waals surface area contributed by atoms with Crippen LogP contribution in [0.4, 0.5) is 5.82 Å². The molecule has 3 heterocycles. The Bertz CT molecular complexity index is 1560. The van der Waals surface area contributed by atoms with Gasteiger partial charge in [-0.15, -0.1) is 0 Å². The maximum absolute atomic E-state index is 14.1. The number of fused-ring (bicyclic) bond motifs is 1. The van der Waals surface area contributed by atoms with Gasteiger partial charge in [0.05, 0.1) is 23.8 Å². The highest BCUT2D eigenvalue weighted by Crippen LogP contribution is 2.30. The van der Waals surface area contributed by atoms with Gasteiger partial charge in [-0.3, -0.25) is 14.0 Å². The summed E-state index contributed by atoms with van der Waals surface area (Å²) in [5.74, 6) is 1.14. The number of para-hydroxylation sites is 1. The molecule has 0 radical (unpaired) electrons. The first kappa shape index (κ1) is 21.9. The van der Waals surface area contributed by atoms with E-state index in [4.69, 9.17) is 11.6 Å². The van der Waals surface area contributed by atoms with Crippen molar-refractivity contribution in [2.75, 3.05) is 5.32 Å². The first-order valence-electron chi connectivity index (χ1n) is 10.9. The van der Waals surface area contributed by atoms with E-state index in [0.717, 1.165) is 27.9 Å². The van der Waals surface area contributed by atoms with Crippen LogP contribution in [0, 0.1) is 6.92 Å². The van der Waals surface area contributed by atoms with Gasteiger partial charge in [-0.25, -0.2) is 9.97 Å². The normalized spacial score (nSPS) is 12.1. The van der Waals surface area contributed by atoms with E-state index >= 15 is 0 Å². The van der Waals surface area contributed by atoms with Gasteiger partial charge in [0, 0.05) is 30.2 Å². The summed E-state index contributed by atoms with van der Waals surface area (Å²) in [7, 11) is 1.86. The lowest BCUT2D eigenvalue weighted by atomic mass is 9.99. The fourth-order valence-corrected chi connectivity index (χ4v) is 4.33. The number of hydrogen-bond donors (Lipinski definition) is 1. The second kappa shape index (κ2) is 8.76. The van der Waals surface area contributed by atoms with E-state index in [9.17, 15) is 4.79 Å². The standard InChI is InChI=1S/C26H23ClN6O/c1-16(30-25-22(27)14-28-17(2)31-25)23-12-18-8-7-11-21(19-13-29-32(3)15-19)24(18)26(34)33(23)20-9-5-4-6-10-20/h4-16H,1-3H3,(H,28,30,31)/t16-/m0/s1. The molecular weight excluding hydrogens is 448 g/mol. The molecule has 0 fully saturated rings. The Labute approximate surface area is 201 Å². The molecule has 34 heavy (non-hydrogen) atoms. The fourth-order valence-electron chi connectivity index (χ4n) is 4.18. The lowest BCUT2D eigenvalue weighted by molar-refractivity contribution is 0.768. The second-order valence-electron chi connectivity index (χ2n) is 8.20. The van der Waals surface area contributed by atoms with Crippen molar-refractivity contribution >= 4 is 28.2 Å². The topological polar surface area (TPSA) is 77.6 Å². The molecule has 0 aliphatic heterocycles. The Morgan fingerprint density at radius 3 is 2.59 bits per heavy atom. The van der Waals surface area contributed by atoms with Gasteiger partial charge in [-0.05, 0) is 43.0 Å². The molecule has 2 aromatic carbocycles. The van der Waals surface area contributed by atoms with Crippen molar-refractivity contribution in [2.45, 2.75) is 19.9 Å². The van der Waals surface area contributed by atoms with Crippen molar-refractivity contribution in [2.24, 2.45) is 7.05 Å². The minimum absolute atomic E-state index is 0.100. The van der Waals surface area contributed by atoms with Crippen LogP contribution in [0.15, 0.2) is 78.0 Å². The number of hydrogen-bond acceptors (Lipinski definition) is 5. The molecule has 170 valence electrons. The van der Waals surface area contributed by atoms with Crippen molar-refractivity contribution in [1.82, 2.24) is 24.3 Å². The third-order valence-corrected chi connectivity index (χ3v) is 6.04. The van der Waals surface area contributed by atoms with E-state index in [-0.39, 0.29) is 11.6 Å². The van der Waals surface area contributed by atoms with Gasteiger partial charge in [0.1, 0.15) is 16.7 Å². The van der Waals surface area contributed by atoms with Gasteiger partial charge >= 0.3 is 0 Å². The molecule has 1 atom stereocenters. The Kier molecular flexibility index (Phi) is 5.63. The van der Waals surface area contributed by atoms with Gasteiger partial charge < -0.3 is 5.32 Å². The number of rotatable bonds is 5. The molecule has 0 saturated carbocycles. The molecule has 0 aliphatic carbocycles. The van der Waals surface area contributed by atoms with Crippen LogP contribution >= 0.6 is 11.6 Å². The number of nitrogens with zero attached hydrogens (tertiary/aromatic N) is 5. The monoisotopic (exact) mass is 470 g/mol. The van der Waals surface area contributed by atoms with Gasteiger partial charge in [-0.1, -0.05) is 48.0 Å². The maximum atomic E-state index is 14.1. The van der Waals surface area contributed by atoms with Crippen LogP contribution in [-0.4, -0.2) is 24.3 Å². The van der Waals surface area contributed by atoms with E-state index < -0.39 is 0 Å². The first-order chi connectivity index (χ1) is 16.4. The summed E-state index contributed by atoms with van der Waals surface area (Å²) in [6, 6.07) is 17.3. The molecule has 5 rings (SSSR count). The number of pyridine rings is 1. The number of benzene rings is 2. The molecule has 0 amide bonds. The zero-order valence-corrected chi connectivity index (χ0v) is 19.8. The lowest BCUT2D eigenvalue weighted by Crippen LogP contribution is -2.26. The summed E-state index contributed by atoms with van der Waals surface area (Å²) in [6.07, 6.45) is 5.26. The van der Waals surface area contributed by atoms with E-state index in [1.807, 2.05) is 81.7 Å². The Hall–Kier alpha value is -3.97. The SMILES string of the molecule is Cc1ncc(Cl)c(N[C@@H](C)c2cc3cccc(-c4cnn(C)c4)c3c(=O)n2-c2ccccc2)n1. The average molecular weight is 471 g/mol. The first-order valence-corrected chi connectivity index (χ1v) is 11.3. The summed E-state index contributed by atoms with van der Waals surface area (Å²) in [4.78, 5) is 22.7. The van der Waals surface area contributed by atoms with E-state index in [0.29, 0.717) is 22.1 Å². The average Bonchev–Trinajstić information content (AvgIpc) is 3.27. The van der Waals surface area contributed by atoms with Crippen LogP contribution in [-0.2, 0) is 7.05 Å². The largest absolute Gasteiger partial charge is 0.361 e. The third kappa shape index (κ3) is 3.95. The molecule has 7 nitrogen and oxygen atoms in total. The molecule has 3 aromatic heterocycles. The predicted molar refractivity (Wildman–Crippen MR) is 136 cm³/mol. The number of nitrogens with one attached hydrogen (secondary N) is 1. The van der Waals surface area contributed by atoms with E-state index in [2.05, 4.69) is 20.4 Å². The number of aromatic nitrogens is 5. The van der Waals surface area contributed by atoms with Crippen LogP contribution in [0.3, 0.4) is 0 Å². The smallest absolute Gasteiger partial charge is 0.263 e. The molecule has 0 unspecified atom stereocenters. The minimum Gasteiger partial charge on any atom is -0.361 e. The third-order valence-electron chi connectivity index (χ3n) is 5.77. The highest BCUT2D eigenvalue weighted by molar-refractivity contribution is 6.32. The predicted octanol–water partition coefficient (Wildman–Crippen LogP) is 5.32. The molecule has 0 aliphatic rings. The zero-order valence-electron chi connectivity index (χ0n) is 19.0. The summed E-state index contributed by atoms with van der Waals surface area (Å²) in [5, 5.41) is 9.57. The summed E-state index contributed by atoms with van der Waals surface area (Å²) in [6.45, 7) is 3.79. The molecular formula is C26H23ClN6O. The van der Waals surface area contributed by atoms with Crippen LogP contribution in [0.5, 0.6) is 0 Å². The molecule has 5 aromatic rings. The van der Waals surface area contributed by atoms with Crippen molar-refractivity contribution in [3.8, 4) is 16.8 Å². The zero-order chi connectivity index (χ0) is 23.8. The van der Waals surface area contributed by atoms with Crippen LogP contribution in [0.25, 0.3) is 27.6 Å². The van der Waals surface area contributed by atoms with Crippen LogP contribution < -0.4 is 10.9 Å². The summed E-state index contributed by atoms with van der Waals surface area (Å²) < 4.78 is 3.49. The Morgan fingerprint density at radius 2 is 1.85 bits per heavy atom. The van der Waals surface area contributed by atoms with Crippen LogP contribution in [0.2, 0.25) is 5.02 Å². The molecule has 0 bridgehead atoms.